The maximum atomic E-state index is 13.9. The van der Waals surface area contributed by atoms with Crippen LogP contribution < -0.4 is 10.6 Å². The molecule has 3 aromatic rings. The van der Waals surface area contributed by atoms with Crippen LogP contribution in [-0.4, -0.2) is 11.8 Å². The van der Waals surface area contributed by atoms with E-state index >= 15 is 0 Å². The molecular formula is C18H15FN2O3. The van der Waals surface area contributed by atoms with Crippen LogP contribution in [0.15, 0.2) is 46.9 Å². The molecule has 2 N–H and O–H groups in total. The van der Waals surface area contributed by atoms with Crippen molar-refractivity contribution in [3.8, 4) is 0 Å². The minimum atomic E-state index is -0.605. The third kappa shape index (κ3) is 2.99. The normalized spacial score (nSPS) is 10.6. The van der Waals surface area contributed by atoms with E-state index in [0.29, 0.717) is 16.8 Å². The molecule has 0 bridgehead atoms. The van der Waals surface area contributed by atoms with Crippen molar-refractivity contribution in [1.29, 1.82) is 0 Å². The number of halogens is 1. The van der Waals surface area contributed by atoms with Crippen molar-refractivity contribution < 1.29 is 18.4 Å². The molecule has 2 amide bonds. The standard InChI is InChI=1S/C18H15FN2O3/c1-10-13-5-3-4-6-16(13)24-17(10)18(23)21-15-9-12(20-11(2)22)7-8-14(15)19/h3-9H,1-2H3,(H,20,22)(H,21,23). The summed E-state index contributed by atoms with van der Waals surface area (Å²) in [6.45, 7) is 3.12. The average Bonchev–Trinajstić information content (AvgIpc) is 2.88. The van der Waals surface area contributed by atoms with Crippen molar-refractivity contribution in [2.75, 3.05) is 10.6 Å². The third-order valence-electron chi connectivity index (χ3n) is 3.58. The van der Waals surface area contributed by atoms with E-state index in [4.69, 9.17) is 4.42 Å². The molecule has 1 heterocycles. The lowest BCUT2D eigenvalue weighted by atomic mass is 10.1. The number of fused-ring (bicyclic) bond motifs is 1. The number of carbonyl (C=O) groups is 2. The number of aryl methyl sites for hydroxylation is 1. The molecule has 0 atom stereocenters. The van der Waals surface area contributed by atoms with E-state index in [1.54, 1.807) is 13.0 Å². The fraction of sp³-hybridized carbons (Fsp3) is 0.111. The smallest absolute Gasteiger partial charge is 0.291 e. The Morgan fingerprint density at radius 3 is 2.54 bits per heavy atom. The summed E-state index contributed by atoms with van der Waals surface area (Å²) in [6.07, 6.45) is 0. The molecule has 0 radical (unpaired) electrons. The second kappa shape index (κ2) is 6.16. The lowest BCUT2D eigenvalue weighted by molar-refractivity contribution is -0.114. The van der Waals surface area contributed by atoms with Crippen molar-refractivity contribution in [2.45, 2.75) is 13.8 Å². The molecule has 0 aliphatic heterocycles. The van der Waals surface area contributed by atoms with E-state index < -0.39 is 11.7 Å². The first-order chi connectivity index (χ1) is 11.5. The predicted molar refractivity (Wildman–Crippen MR) is 89.6 cm³/mol. The fourth-order valence-corrected chi connectivity index (χ4v) is 2.47. The Hall–Kier alpha value is -3.15. The zero-order valence-electron chi connectivity index (χ0n) is 13.1. The second-order valence-electron chi connectivity index (χ2n) is 5.38. The Labute approximate surface area is 137 Å². The highest BCUT2D eigenvalue weighted by Crippen LogP contribution is 2.26. The van der Waals surface area contributed by atoms with Gasteiger partial charge in [-0.2, -0.15) is 0 Å². The molecule has 0 unspecified atom stereocenters. The van der Waals surface area contributed by atoms with E-state index in [1.165, 1.54) is 25.1 Å². The molecule has 0 fully saturated rings. The topological polar surface area (TPSA) is 71.3 Å². The van der Waals surface area contributed by atoms with Crippen LogP contribution in [0.3, 0.4) is 0 Å². The number of hydrogen-bond acceptors (Lipinski definition) is 3. The summed E-state index contributed by atoms with van der Waals surface area (Å²) < 4.78 is 19.5. The third-order valence-corrected chi connectivity index (χ3v) is 3.58. The molecule has 2 aromatic carbocycles. The van der Waals surface area contributed by atoms with Crippen LogP contribution in [0.2, 0.25) is 0 Å². The first-order valence-electron chi connectivity index (χ1n) is 7.32. The minimum absolute atomic E-state index is 0.0360. The van der Waals surface area contributed by atoms with Crippen molar-refractivity contribution >= 4 is 34.2 Å². The summed E-state index contributed by atoms with van der Waals surface area (Å²) in [5.74, 6) is -1.32. The van der Waals surface area contributed by atoms with Crippen molar-refractivity contribution in [1.82, 2.24) is 0 Å². The molecule has 5 nitrogen and oxygen atoms in total. The van der Waals surface area contributed by atoms with Gasteiger partial charge in [-0.3, -0.25) is 9.59 Å². The van der Waals surface area contributed by atoms with Crippen LogP contribution >= 0.6 is 0 Å². The quantitative estimate of drug-likeness (QED) is 0.761. The number of nitrogens with one attached hydrogen (secondary N) is 2. The molecule has 0 saturated heterocycles. The van der Waals surface area contributed by atoms with Gasteiger partial charge in [-0.1, -0.05) is 18.2 Å². The van der Waals surface area contributed by atoms with Gasteiger partial charge in [-0.15, -0.1) is 0 Å². The SMILES string of the molecule is CC(=O)Nc1ccc(F)c(NC(=O)c2oc3ccccc3c2C)c1. The first-order valence-corrected chi connectivity index (χ1v) is 7.32. The Kier molecular flexibility index (Phi) is 4.04. The Morgan fingerprint density at radius 2 is 1.83 bits per heavy atom. The Balaban J connectivity index is 1.91. The number of amides is 2. The van der Waals surface area contributed by atoms with Gasteiger partial charge in [0.25, 0.3) is 5.91 Å². The van der Waals surface area contributed by atoms with E-state index in [1.807, 2.05) is 18.2 Å². The Bertz CT molecular complexity index is 947. The zero-order chi connectivity index (χ0) is 17.3. The molecule has 3 rings (SSSR count). The highest BCUT2D eigenvalue weighted by atomic mass is 19.1. The summed E-state index contributed by atoms with van der Waals surface area (Å²) in [4.78, 5) is 23.5. The second-order valence-corrected chi connectivity index (χ2v) is 5.38. The van der Waals surface area contributed by atoms with E-state index in [-0.39, 0.29) is 17.4 Å². The van der Waals surface area contributed by atoms with E-state index in [9.17, 15) is 14.0 Å². The van der Waals surface area contributed by atoms with Crippen LogP contribution in [-0.2, 0) is 4.79 Å². The number of carbonyl (C=O) groups excluding carboxylic acids is 2. The predicted octanol–water partition coefficient (Wildman–Crippen LogP) is 4.09. The fourth-order valence-electron chi connectivity index (χ4n) is 2.47. The summed E-state index contributed by atoms with van der Waals surface area (Å²) in [7, 11) is 0. The van der Waals surface area contributed by atoms with Gasteiger partial charge in [0, 0.05) is 23.6 Å². The van der Waals surface area contributed by atoms with Crippen LogP contribution in [0.5, 0.6) is 0 Å². The number of furan rings is 1. The monoisotopic (exact) mass is 326 g/mol. The molecule has 0 saturated carbocycles. The molecule has 6 heteroatoms. The molecule has 0 aliphatic carbocycles. The number of rotatable bonds is 3. The molecule has 0 aliphatic rings. The summed E-state index contributed by atoms with van der Waals surface area (Å²) >= 11 is 0. The molecule has 1 aromatic heterocycles. The van der Waals surface area contributed by atoms with Crippen LogP contribution in [0.4, 0.5) is 15.8 Å². The summed E-state index contributed by atoms with van der Waals surface area (Å²) in [5, 5.41) is 5.85. The lowest BCUT2D eigenvalue weighted by Gasteiger charge is -2.08. The minimum Gasteiger partial charge on any atom is -0.451 e. The summed E-state index contributed by atoms with van der Waals surface area (Å²) in [6, 6.07) is 11.2. The Morgan fingerprint density at radius 1 is 1.08 bits per heavy atom. The maximum absolute atomic E-state index is 13.9. The van der Waals surface area contributed by atoms with Crippen molar-refractivity contribution in [2.24, 2.45) is 0 Å². The van der Waals surface area contributed by atoms with Gasteiger partial charge in [0.1, 0.15) is 11.4 Å². The number of para-hydroxylation sites is 1. The highest BCUT2D eigenvalue weighted by Gasteiger charge is 2.18. The lowest BCUT2D eigenvalue weighted by Crippen LogP contribution is -2.14. The largest absolute Gasteiger partial charge is 0.451 e. The van der Waals surface area contributed by atoms with Gasteiger partial charge in [0.2, 0.25) is 5.91 Å². The van der Waals surface area contributed by atoms with Crippen LogP contribution in [0.25, 0.3) is 11.0 Å². The average molecular weight is 326 g/mol. The van der Waals surface area contributed by atoms with Crippen molar-refractivity contribution in [3.63, 3.8) is 0 Å². The molecule has 0 spiro atoms. The number of benzene rings is 2. The van der Waals surface area contributed by atoms with Gasteiger partial charge in [0.15, 0.2) is 5.76 Å². The molecule has 122 valence electrons. The van der Waals surface area contributed by atoms with Gasteiger partial charge in [-0.05, 0) is 31.2 Å². The van der Waals surface area contributed by atoms with Gasteiger partial charge < -0.3 is 15.1 Å². The molecular weight excluding hydrogens is 311 g/mol. The summed E-state index contributed by atoms with van der Waals surface area (Å²) in [5.41, 5.74) is 1.63. The highest BCUT2D eigenvalue weighted by molar-refractivity contribution is 6.06. The number of anilines is 2. The maximum Gasteiger partial charge on any atom is 0.291 e. The van der Waals surface area contributed by atoms with Crippen LogP contribution in [0.1, 0.15) is 23.0 Å². The first kappa shape index (κ1) is 15.7. The number of hydrogen-bond donors (Lipinski definition) is 2. The zero-order valence-corrected chi connectivity index (χ0v) is 13.1. The van der Waals surface area contributed by atoms with Gasteiger partial charge in [0.05, 0.1) is 5.69 Å². The van der Waals surface area contributed by atoms with Gasteiger partial charge >= 0.3 is 0 Å². The van der Waals surface area contributed by atoms with Gasteiger partial charge in [-0.25, -0.2) is 4.39 Å². The van der Waals surface area contributed by atoms with Crippen molar-refractivity contribution in [3.05, 3.63) is 59.6 Å². The molecule has 24 heavy (non-hydrogen) atoms. The van der Waals surface area contributed by atoms with E-state index in [0.717, 1.165) is 5.39 Å². The van der Waals surface area contributed by atoms with E-state index in [2.05, 4.69) is 10.6 Å². The van der Waals surface area contributed by atoms with Crippen LogP contribution in [0, 0.1) is 12.7 Å².